The van der Waals surface area contributed by atoms with E-state index in [4.69, 9.17) is 30.2 Å². The predicted octanol–water partition coefficient (Wildman–Crippen LogP) is 18.8. The van der Waals surface area contributed by atoms with E-state index < -0.39 is 11.2 Å². The Morgan fingerprint density at radius 2 is 0.845 bits per heavy atom. The molecule has 14 aromatic rings. The van der Waals surface area contributed by atoms with Crippen molar-refractivity contribution in [2.75, 3.05) is 62.0 Å². The quantitative estimate of drug-likeness (QED) is 0.0735. The van der Waals surface area contributed by atoms with Gasteiger partial charge in [0.25, 0.3) is 0 Å². The molecular weight excluding hydrogens is 1370 g/mol. The number of anilines is 4. The van der Waals surface area contributed by atoms with Crippen molar-refractivity contribution < 1.29 is 28.7 Å². The summed E-state index contributed by atoms with van der Waals surface area (Å²) >= 11 is 0. The van der Waals surface area contributed by atoms with E-state index in [0.717, 1.165) is 105 Å². The van der Waals surface area contributed by atoms with Crippen LogP contribution in [-0.4, -0.2) is 134 Å². The number of aryl methyl sites for hydroxylation is 2. The highest BCUT2D eigenvalue weighted by molar-refractivity contribution is 5.91. The van der Waals surface area contributed by atoms with Crippen molar-refractivity contribution in [3.8, 4) is 45.0 Å². The molecule has 8 heterocycles. The third-order valence-electron chi connectivity index (χ3n) is 18.9. The number of carbonyl (C=O) groups excluding carboxylic acids is 4. The number of aldehydes is 1. The molecule has 21 heteroatoms. The highest BCUT2D eigenvalue weighted by Gasteiger charge is 2.31. The topological polar surface area (TPSA) is 243 Å². The molecule has 561 valence electrons. The van der Waals surface area contributed by atoms with E-state index in [9.17, 15) is 19.2 Å². The number of hydrogen-bond donors (Lipinski definition) is 4. The number of fused-ring (bicyclic) bond motifs is 6. The summed E-state index contributed by atoms with van der Waals surface area (Å²) in [5, 5.41) is 18.4. The van der Waals surface area contributed by atoms with Crippen molar-refractivity contribution in [2.24, 2.45) is 20.0 Å². The Bertz CT molecular complexity index is 5540. The van der Waals surface area contributed by atoms with Gasteiger partial charge in [-0.3, -0.25) is 4.79 Å². The first-order valence-electron chi connectivity index (χ1n) is 36.4. The van der Waals surface area contributed by atoms with Crippen LogP contribution in [0.1, 0.15) is 86.4 Å². The fourth-order valence-corrected chi connectivity index (χ4v) is 13.2. The number of benzene rings is 8. The average molecular weight is 1470 g/mol. The minimum absolute atomic E-state index is 0. The van der Waals surface area contributed by atoms with Crippen molar-refractivity contribution in [3.63, 3.8) is 0 Å². The largest absolute Gasteiger partial charge is 0.444 e. The van der Waals surface area contributed by atoms with Gasteiger partial charge in [0, 0.05) is 96.9 Å². The summed E-state index contributed by atoms with van der Waals surface area (Å²) in [6.07, 6.45) is 6.16. The highest BCUT2D eigenvalue weighted by Crippen LogP contribution is 2.34. The second-order valence-electron chi connectivity index (χ2n) is 28.9. The number of aromatic nitrogens is 8. The number of nitrogen functional groups attached to an aromatic ring is 1. The molecule has 0 aliphatic carbocycles. The first kappa shape index (κ1) is 80.0. The van der Waals surface area contributed by atoms with E-state index in [2.05, 4.69) is 187 Å². The van der Waals surface area contributed by atoms with Crippen molar-refractivity contribution >= 4 is 122 Å². The molecule has 5 N–H and O–H groups in total. The Morgan fingerprint density at radius 3 is 1.26 bits per heavy atom. The summed E-state index contributed by atoms with van der Waals surface area (Å²) in [6, 6.07) is 74.5. The van der Waals surface area contributed by atoms with E-state index in [0.29, 0.717) is 61.5 Å². The summed E-state index contributed by atoms with van der Waals surface area (Å²) in [4.78, 5) is 76.6. The molecule has 16 rings (SSSR count). The molecule has 0 bridgehead atoms. The molecule has 2 aliphatic rings. The van der Waals surface area contributed by atoms with Crippen molar-refractivity contribution in [1.29, 1.82) is 0 Å². The van der Waals surface area contributed by atoms with Crippen LogP contribution in [0.25, 0.3) is 110 Å². The number of ether oxygens (including phenoxy) is 2. The lowest BCUT2D eigenvalue weighted by Gasteiger charge is -2.33. The second kappa shape index (κ2) is 35.9. The van der Waals surface area contributed by atoms with Crippen LogP contribution in [0.2, 0.25) is 0 Å². The lowest BCUT2D eigenvalue weighted by atomic mass is 9.96. The molecular formula is C89H96BN14O6. The molecule has 3 amide bonds. The van der Waals surface area contributed by atoms with Gasteiger partial charge in [0.1, 0.15) is 46.0 Å². The SMILES string of the molecule is C.CC(C)(C)OC(=O)N1CCC(C=O)CC1.CNc1nc(-c2ccc3ccccc3c2)ccc1N.CNc1nc(-c2ccc3ccccc3c2)ccc1NC=O.Cn1c(C2CCN(C(=O)OC(C)(C)C)CC2)nc2ccc(-c3ccc4ccccc4c3)nc21.Cn1cnc2ccc(-c3ccc4ccccc4c3)nc21.[B]. The molecule has 0 unspecified atom stereocenters. The molecule has 0 atom stereocenters. The van der Waals surface area contributed by atoms with Crippen LogP contribution in [-0.2, 0) is 33.2 Å². The molecule has 0 saturated carbocycles. The molecule has 110 heavy (non-hydrogen) atoms. The van der Waals surface area contributed by atoms with Crippen LogP contribution >= 0.6 is 0 Å². The normalized spacial score (nSPS) is 13.0. The molecule has 2 saturated heterocycles. The molecule has 3 radical (unpaired) electrons. The Kier molecular flexibility index (Phi) is 26.1. The van der Waals surface area contributed by atoms with Crippen LogP contribution < -0.4 is 21.7 Å². The fourth-order valence-electron chi connectivity index (χ4n) is 13.2. The van der Waals surface area contributed by atoms with Gasteiger partial charge in [-0.05, 0) is 183 Å². The molecule has 20 nitrogen and oxygen atoms in total. The van der Waals surface area contributed by atoms with E-state index in [-0.39, 0.29) is 33.9 Å². The summed E-state index contributed by atoms with van der Waals surface area (Å²) in [5.41, 5.74) is 18.0. The van der Waals surface area contributed by atoms with Gasteiger partial charge >= 0.3 is 12.2 Å². The van der Waals surface area contributed by atoms with Crippen LogP contribution in [0.3, 0.4) is 0 Å². The summed E-state index contributed by atoms with van der Waals surface area (Å²) < 4.78 is 14.8. The highest BCUT2D eigenvalue weighted by atomic mass is 16.6. The number of imidazole rings is 2. The molecule has 6 aromatic heterocycles. The smallest absolute Gasteiger partial charge is 0.410 e. The van der Waals surface area contributed by atoms with Crippen LogP contribution in [0.15, 0.2) is 225 Å². The van der Waals surface area contributed by atoms with Crippen molar-refractivity contribution in [2.45, 2.75) is 91.8 Å². The third-order valence-corrected chi connectivity index (χ3v) is 18.9. The Hall–Kier alpha value is -12.5. The third kappa shape index (κ3) is 19.8. The molecule has 8 aromatic carbocycles. The van der Waals surface area contributed by atoms with Gasteiger partial charge in [-0.2, -0.15) is 0 Å². The number of nitrogens with one attached hydrogen (secondary N) is 3. The monoisotopic (exact) mass is 1470 g/mol. The molecule has 2 aliphatic heterocycles. The number of hydrogen-bond acceptors (Lipinski definition) is 15. The summed E-state index contributed by atoms with van der Waals surface area (Å²) in [5.74, 6) is 2.81. The maximum absolute atomic E-state index is 12.4. The van der Waals surface area contributed by atoms with Gasteiger partial charge in [-0.25, -0.2) is 39.5 Å². The van der Waals surface area contributed by atoms with Crippen LogP contribution in [0.4, 0.5) is 32.6 Å². The van der Waals surface area contributed by atoms with Crippen LogP contribution in [0.5, 0.6) is 0 Å². The summed E-state index contributed by atoms with van der Waals surface area (Å²) in [6.45, 7) is 13.9. The molecule has 0 spiro atoms. The minimum Gasteiger partial charge on any atom is -0.444 e. The van der Waals surface area contributed by atoms with Crippen molar-refractivity contribution in [3.05, 3.63) is 231 Å². The van der Waals surface area contributed by atoms with Crippen molar-refractivity contribution in [1.82, 2.24) is 48.8 Å². The van der Waals surface area contributed by atoms with Gasteiger partial charge in [-0.15, -0.1) is 0 Å². The first-order valence-corrected chi connectivity index (χ1v) is 36.4. The van der Waals surface area contributed by atoms with Crippen LogP contribution in [0, 0.1) is 5.92 Å². The number of carbonyl (C=O) groups is 4. The Balaban J connectivity index is 0.000000150. The van der Waals surface area contributed by atoms with E-state index in [1.165, 1.54) is 43.1 Å². The maximum Gasteiger partial charge on any atom is 0.410 e. The number of pyridine rings is 4. The van der Waals surface area contributed by atoms with E-state index in [1.807, 2.05) is 134 Å². The standard InChI is InChI=1S/C27H30N4O2.C17H15N3O.C17H13N3.C16H15N3.C11H19NO3.CH4.B/c1-27(2,3)33-26(32)31-15-13-19(14-16-31)24-29-23-12-11-22(28-25(23)30(24)4)21-10-9-18-7-5-6-8-20(18)17-21;1-18-17-16(19-11-21)9-8-15(20-17)14-7-6-12-4-2-3-5-13(12)10-14;1-20-11-18-16-9-8-15(19-17(16)20)14-7-6-12-4-2-3-5-13(12)10-14;1-18-16-14(17)8-9-15(19-16)13-7-6-11-4-2-3-5-12(11)10-13;1-11(2,3)15-10(14)12-6-4-9(8-13)5-7-12;;/h5-12,17,19H,13-16H2,1-4H3;2-11H,1H3,(H,18,20)(H,19,21);2-11H,1H3;2-10H,17H2,1H3,(H,18,19);8-9H,4-7H2,1-3H3;1H4;. The van der Waals surface area contributed by atoms with Gasteiger partial charge in [0.05, 0.1) is 40.5 Å². The van der Waals surface area contributed by atoms with Gasteiger partial charge < -0.3 is 54.9 Å². The second-order valence-corrected chi connectivity index (χ2v) is 28.9. The first-order chi connectivity index (χ1) is 52.1. The zero-order valence-electron chi connectivity index (χ0n) is 63.4. The van der Waals surface area contributed by atoms with E-state index in [1.54, 1.807) is 23.2 Å². The number of likely N-dealkylation sites (tertiary alicyclic amines) is 2. The predicted molar refractivity (Wildman–Crippen MR) is 449 cm³/mol. The van der Waals surface area contributed by atoms with Gasteiger partial charge in [0.2, 0.25) is 6.41 Å². The minimum atomic E-state index is -0.472. The number of rotatable bonds is 10. The zero-order chi connectivity index (χ0) is 76.1. The number of amides is 3. The Labute approximate surface area is 645 Å². The number of nitrogens with two attached hydrogens (primary N) is 1. The number of piperidine rings is 2. The zero-order valence-corrected chi connectivity index (χ0v) is 63.4. The van der Waals surface area contributed by atoms with Gasteiger partial charge in [-0.1, -0.05) is 153 Å². The lowest BCUT2D eigenvalue weighted by molar-refractivity contribution is -0.112. The lowest BCUT2D eigenvalue weighted by Crippen LogP contribution is -2.41. The van der Waals surface area contributed by atoms with E-state index >= 15 is 0 Å². The fraction of sp³-hybridized carbons (Fsp3) is 0.258. The maximum atomic E-state index is 12.4. The summed E-state index contributed by atoms with van der Waals surface area (Å²) in [7, 11) is 7.61. The number of nitrogens with zero attached hydrogens (tertiary/aromatic N) is 10. The van der Waals surface area contributed by atoms with Gasteiger partial charge in [0.15, 0.2) is 11.3 Å². The Morgan fingerprint density at radius 1 is 0.464 bits per heavy atom. The average Bonchev–Trinajstić information content (AvgIpc) is 1.61. The molecule has 2 fully saturated rings.